The lowest BCUT2D eigenvalue weighted by atomic mass is 10.1. The number of nitrogens with zero attached hydrogens (tertiary/aromatic N) is 3. The van der Waals surface area contributed by atoms with E-state index < -0.39 is 6.36 Å². The van der Waals surface area contributed by atoms with Crippen molar-refractivity contribution in [3.8, 4) is 16.9 Å². The van der Waals surface area contributed by atoms with Gasteiger partial charge in [0, 0.05) is 54.3 Å². The first kappa shape index (κ1) is 28.0. The Balaban J connectivity index is 1.01. The summed E-state index contributed by atoms with van der Waals surface area (Å²) >= 11 is 0. The Morgan fingerprint density at radius 1 is 0.902 bits per heavy atom. The van der Waals surface area contributed by atoms with Crippen molar-refractivity contribution in [1.82, 2.24) is 30.9 Å². The predicted octanol–water partition coefficient (Wildman–Crippen LogP) is 5.58. The summed E-state index contributed by atoms with van der Waals surface area (Å²) in [6.07, 6.45) is 5.08. The summed E-state index contributed by atoms with van der Waals surface area (Å²) in [5, 5.41) is 28.0. The maximum atomic E-state index is 12.8. The first-order valence-corrected chi connectivity index (χ1v) is 13.0. The predicted molar refractivity (Wildman–Crippen MR) is 147 cm³/mol. The van der Waals surface area contributed by atoms with Gasteiger partial charge in [-0.1, -0.05) is 5.16 Å². The van der Waals surface area contributed by atoms with E-state index in [1.54, 1.807) is 30.9 Å². The van der Waals surface area contributed by atoms with Crippen LogP contribution in [0, 0.1) is 0 Å². The normalized spacial score (nSPS) is 11.7. The summed E-state index contributed by atoms with van der Waals surface area (Å²) < 4.78 is 53.2. The van der Waals surface area contributed by atoms with Crippen molar-refractivity contribution in [2.45, 2.75) is 25.7 Å². The minimum atomic E-state index is -4.78. The van der Waals surface area contributed by atoms with Crippen LogP contribution in [0.4, 0.5) is 30.2 Å². The van der Waals surface area contributed by atoms with E-state index in [2.05, 4.69) is 46.2 Å². The molecule has 0 aliphatic rings. The number of aromatic amines is 2. The van der Waals surface area contributed by atoms with Crippen molar-refractivity contribution in [3.63, 3.8) is 0 Å². The smallest absolute Gasteiger partial charge is 0.406 e. The van der Waals surface area contributed by atoms with E-state index in [4.69, 9.17) is 9.26 Å². The Labute approximate surface area is 232 Å². The van der Waals surface area contributed by atoms with Crippen molar-refractivity contribution >= 4 is 28.0 Å². The van der Waals surface area contributed by atoms with Crippen LogP contribution in [0.25, 0.3) is 22.0 Å². The average Bonchev–Trinajstić information content (AvgIpc) is 3.71. The van der Waals surface area contributed by atoms with E-state index in [1.165, 1.54) is 18.3 Å². The third kappa shape index (κ3) is 8.22. The summed E-state index contributed by atoms with van der Waals surface area (Å²) in [4.78, 5) is 0. The van der Waals surface area contributed by atoms with E-state index in [-0.39, 0.29) is 5.75 Å². The molecular weight excluding hydrogens is 541 g/mol. The molecule has 3 heterocycles. The van der Waals surface area contributed by atoms with E-state index in [1.807, 2.05) is 12.1 Å². The van der Waals surface area contributed by atoms with Crippen molar-refractivity contribution in [2.75, 3.05) is 36.9 Å². The molecule has 216 valence electrons. The molecule has 3 aromatic heterocycles. The Morgan fingerprint density at radius 2 is 1.83 bits per heavy atom. The van der Waals surface area contributed by atoms with Crippen LogP contribution >= 0.6 is 0 Å². The van der Waals surface area contributed by atoms with Gasteiger partial charge in [0.05, 0.1) is 36.4 Å². The molecule has 0 bridgehead atoms. The zero-order chi connectivity index (χ0) is 28.5. The maximum Gasteiger partial charge on any atom is 0.573 e. The van der Waals surface area contributed by atoms with Crippen LogP contribution in [-0.4, -0.2) is 58.2 Å². The monoisotopic (exact) mass is 570 g/mol. The van der Waals surface area contributed by atoms with E-state index in [0.717, 1.165) is 40.6 Å². The van der Waals surface area contributed by atoms with Crippen LogP contribution in [0.15, 0.2) is 65.9 Å². The average molecular weight is 571 g/mol. The van der Waals surface area contributed by atoms with Crippen LogP contribution in [0.3, 0.4) is 0 Å². The molecule has 0 saturated heterocycles. The lowest BCUT2D eigenvalue weighted by Gasteiger charge is -2.14. The second-order valence-electron chi connectivity index (χ2n) is 9.22. The van der Waals surface area contributed by atoms with Gasteiger partial charge in [-0.3, -0.25) is 10.2 Å². The van der Waals surface area contributed by atoms with E-state index in [9.17, 15) is 13.2 Å². The Hall–Kier alpha value is -4.56. The van der Waals surface area contributed by atoms with E-state index in [0.29, 0.717) is 49.8 Å². The summed E-state index contributed by atoms with van der Waals surface area (Å²) in [6, 6.07) is 8.45. The second kappa shape index (κ2) is 13.2. The Bertz CT molecular complexity index is 1500. The molecule has 0 atom stereocenters. The van der Waals surface area contributed by atoms with Crippen molar-refractivity contribution < 1.29 is 27.2 Å². The summed E-state index contributed by atoms with van der Waals surface area (Å²) in [5.41, 5.74) is 5.42. The standard InChI is InChI=1S/C27H29F3N8O3/c28-27(29,30)41-23-8-18(7-21(11-23)37-22-14-33-34-15-22)12-31-3-1-2-5-39-6-4-32-25-9-19(20-13-36-40-17-20)10-26-24(25)16-35-38-26/h7-11,13-17,31-32,37H,1-6,12H2,(H,33,34)(H,35,38). The molecule has 41 heavy (non-hydrogen) atoms. The van der Waals surface area contributed by atoms with Gasteiger partial charge < -0.3 is 29.9 Å². The number of hydrogen-bond acceptors (Lipinski definition) is 9. The number of ether oxygens (including phenoxy) is 2. The number of nitrogens with one attached hydrogen (secondary N) is 5. The molecule has 0 saturated carbocycles. The number of unbranched alkanes of at least 4 members (excludes halogenated alkanes) is 1. The van der Waals surface area contributed by atoms with Crippen molar-refractivity contribution in [3.05, 3.63) is 66.9 Å². The van der Waals surface area contributed by atoms with Crippen LogP contribution < -0.4 is 20.7 Å². The van der Waals surface area contributed by atoms with Crippen LogP contribution in [0.2, 0.25) is 0 Å². The summed E-state index contributed by atoms with van der Waals surface area (Å²) in [6.45, 7) is 2.82. The lowest BCUT2D eigenvalue weighted by Crippen LogP contribution is -2.18. The minimum absolute atomic E-state index is 0.288. The molecule has 0 radical (unpaired) electrons. The zero-order valence-corrected chi connectivity index (χ0v) is 21.9. The minimum Gasteiger partial charge on any atom is -0.406 e. The Kier molecular flexibility index (Phi) is 9.01. The number of anilines is 3. The number of H-pyrrole nitrogens is 2. The quantitative estimate of drug-likeness (QED) is 0.102. The van der Waals surface area contributed by atoms with Gasteiger partial charge in [0.15, 0.2) is 0 Å². The van der Waals surface area contributed by atoms with Crippen LogP contribution in [0.1, 0.15) is 18.4 Å². The van der Waals surface area contributed by atoms with Gasteiger partial charge in [-0.2, -0.15) is 10.2 Å². The maximum absolute atomic E-state index is 12.8. The molecule has 5 rings (SSSR count). The number of fused-ring (bicyclic) bond motifs is 1. The van der Waals surface area contributed by atoms with Gasteiger partial charge >= 0.3 is 6.36 Å². The van der Waals surface area contributed by atoms with Crippen molar-refractivity contribution in [1.29, 1.82) is 0 Å². The first-order chi connectivity index (χ1) is 19.9. The molecule has 0 fully saturated rings. The molecule has 0 amide bonds. The largest absolute Gasteiger partial charge is 0.573 e. The van der Waals surface area contributed by atoms with Crippen LogP contribution in [0.5, 0.6) is 5.75 Å². The molecule has 0 unspecified atom stereocenters. The van der Waals surface area contributed by atoms with Gasteiger partial charge in [0.25, 0.3) is 0 Å². The fourth-order valence-electron chi connectivity index (χ4n) is 4.27. The van der Waals surface area contributed by atoms with E-state index >= 15 is 0 Å². The topological polar surface area (TPSA) is 138 Å². The van der Waals surface area contributed by atoms with Gasteiger partial charge in [0.2, 0.25) is 0 Å². The number of aromatic nitrogens is 5. The third-order valence-corrected chi connectivity index (χ3v) is 6.09. The fraction of sp³-hybridized carbons (Fsp3) is 0.296. The lowest BCUT2D eigenvalue weighted by molar-refractivity contribution is -0.274. The highest BCUT2D eigenvalue weighted by molar-refractivity contribution is 5.95. The highest BCUT2D eigenvalue weighted by atomic mass is 19.4. The van der Waals surface area contributed by atoms with Gasteiger partial charge in [0.1, 0.15) is 12.0 Å². The van der Waals surface area contributed by atoms with Gasteiger partial charge in [-0.05, 0) is 54.8 Å². The molecule has 5 N–H and O–H groups in total. The number of halogens is 3. The first-order valence-electron chi connectivity index (χ1n) is 13.0. The fourth-order valence-corrected chi connectivity index (χ4v) is 4.27. The summed E-state index contributed by atoms with van der Waals surface area (Å²) in [7, 11) is 0. The molecule has 11 nitrogen and oxygen atoms in total. The highest BCUT2D eigenvalue weighted by Gasteiger charge is 2.31. The molecule has 5 aromatic rings. The molecule has 14 heteroatoms. The van der Waals surface area contributed by atoms with Crippen LogP contribution in [-0.2, 0) is 11.3 Å². The van der Waals surface area contributed by atoms with Gasteiger partial charge in [-0.25, -0.2) is 0 Å². The number of rotatable bonds is 15. The molecular formula is C27H29F3N8O3. The molecule has 2 aromatic carbocycles. The third-order valence-electron chi connectivity index (χ3n) is 6.09. The zero-order valence-electron chi connectivity index (χ0n) is 21.9. The van der Waals surface area contributed by atoms with Crippen molar-refractivity contribution in [2.24, 2.45) is 0 Å². The number of benzene rings is 2. The SMILES string of the molecule is FC(F)(F)Oc1cc(CNCCCCOCCNc2cc(-c3cnoc3)cc3[nH]ncc23)cc(Nc2cn[nH]c2)c1. The molecule has 0 spiro atoms. The Morgan fingerprint density at radius 3 is 2.63 bits per heavy atom. The highest BCUT2D eigenvalue weighted by Crippen LogP contribution is 2.30. The number of hydrogen-bond donors (Lipinski definition) is 5. The van der Waals surface area contributed by atoms with Gasteiger partial charge in [-0.15, -0.1) is 13.2 Å². The number of alkyl halides is 3. The molecule has 0 aliphatic carbocycles. The second-order valence-corrected chi connectivity index (χ2v) is 9.22. The molecule has 0 aliphatic heterocycles. The summed E-state index contributed by atoms with van der Waals surface area (Å²) in [5.74, 6) is -0.288.